The van der Waals surface area contributed by atoms with Gasteiger partial charge in [0.2, 0.25) is 0 Å². The zero-order chi connectivity index (χ0) is 11.6. The van der Waals surface area contributed by atoms with Crippen molar-refractivity contribution in [3.8, 4) is 0 Å². The van der Waals surface area contributed by atoms with Crippen molar-refractivity contribution in [3.63, 3.8) is 0 Å². The minimum Gasteiger partial charge on any atom is -0.453 e. The Balaban J connectivity index is 1.88. The molecule has 0 radical (unpaired) electrons. The SMILES string of the molecule is CCCCCCCCNCc1ccc(Br)o1. The summed E-state index contributed by atoms with van der Waals surface area (Å²) in [7, 11) is 0. The molecule has 0 aliphatic heterocycles. The Hall–Kier alpha value is -0.280. The molecule has 0 aliphatic rings. The van der Waals surface area contributed by atoms with Gasteiger partial charge in [-0.05, 0) is 41.0 Å². The molecule has 0 aliphatic carbocycles. The number of hydrogen-bond acceptors (Lipinski definition) is 2. The average molecular weight is 288 g/mol. The van der Waals surface area contributed by atoms with Crippen molar-refractivity contribution in [1.82, 2.24) is 5.32 Å². The van der Waals surface area contributed by atoms with Crippen molar-refractivity contribution in [2.24, 2.45) is 0 Å². The molecule has 1 aromatic heterocycles. The topological polar surface area (TPSA) is 25.2 Å². The first kappa shape index (κ1) is 13.8. The van der Waals surface area contributed by atoms with E-state index in [1.807, 2.05) is 12.1 Å². The zero-order valence-corrected chi connectivity index (χ0v) is 11.7. The van der Waals surface area contributed by atoms with Crippen LogP contribution in [0, 0.1) is 0 Å². The maximum Gasteiger partial charge on any atom is 0.169 e. The van der Waals surface area contributed by atoms with Crippen LogP contribution in [0.1, 0.15) is 51.2 Å². The minimum absolute atomic E-state index is 0.809. The van der Waals surface area contributed by atoms with Gasteiger partial charge in [-0.2, -0.15) is 0 Å². The molecule has 3 heteroatoms. The molecule has 2 nitrogen and oxygen atoms in total. The highest BCUT2D eigenvalue weighted by Crippen LogP contribution is 2.13. The summed E-state index contributed by atoms with van der Waals surface area (Å²) in [4.78, 5) is 0. The molecule has 0 spiro atoms. The van der Waals surface area contributed by atoms with Crippen LogP contribution in [0.5, 0.6) is 0 Å². The maximum absolute atomic E-state index is 5.40. The van der Waals surface area contributed by atoms with Gasteiger partial charge in [-0.3, -0.25) is 0 Å². The highest BCUT2D eigenvalue weighted by molar-refractivity contribution is 9.10. The first-order chi connectivity index (χ1) is 7.83. The second-order valence-corrected chi connectivity index (χ2v) is 4.93. The molecule has 0 saturated carbocycles. The standard InChI is InChI=1S/C13H22BrNO/c1-2-3-4-5-6-7-10-15-11-12-8-9-13(14)16-12/h8-9,15H,2-7,10-11H2,1H3. The Labute approximate surface area is 107 Å². The molecule has 16 heavy (non-hydrogen) atoms. The van der Waals surface area contributed by atoms with Crippen LogP contribution in [0.2, 0.25) is 0 Å². The summed E-state index contributed by atoms with van der Waals surface area (Å²) in [6.07, 6.45) is 8.09. The van der Waals surface area contributed by atoms with Crippen LogP contribution in [0.3, 0.4) is 0 Å². The fraction of sp³-hybridized carbons (Fsp3) is 0.692. The van der Waals surface area contributed by atoms with E-state index in [0.717, 1.165) is 23.5 Å². The lowest BCUT2D eigenvalue weighted by Gasteiger charge is -2.02. The maximum atomic E-state index is 5.40. The van der Waals surface area contributed by atoms with E-state index in [0.29, 0.717) is 0 Å². The van der Waals surface area contributed by atoms with Gasteiger partial charge in [0.25, 0.3) is 0 Å². The predicted octanol–water partition coefficient (Wildman–Crippen LogP) is 4.49. The molecule has 1 rings (SSSR count). The third-order valence-electron chi connectivity index (χ3n) is 2.64. The van der Waals surface area contributed by atoms with Crippen LogP contribution in [0.4, 0.5) is 0 Å². The van der Waals surface area contributed by atoms with Gasteiger partial charge in [-0.1, -0.05) is 39.0 Å². The van der Waals surface area contributed by atoms with Gasteiger partial charge in [0, 0.05) is 0 Å². The van der Waals surface area contributed by atoms with Crippen molar-refractivity contribution in [3.05, 3.63) is 22.6 Å². The first-order valence-corrected chi connectivity index (χ1v) is 7.07. The van der Waals surface area contributed by atoms with E-state index in [1.54, 1.807) is 0 Å². The second kappa shape index (κ2) is 8.82. The lowest BCUT2D eigenvalue weighted by Crippen LogP contribution is -2.14. The van der Waals surface area contributed by atoms with E-state index in [2.05, 4.69) is 28.2 Å². The molecule has 0 bridgehead atoms. The van der Waals surface area contributed by atoms with Crippen LogP contribution >= 0.6 is 15.9 Å². The molecule has 0 unspecified atom stereocenters. The largest absolute Gasteiger partial charge is 0.453 e. The van der Waals surface area contributed by atoms with Crippen molar-refractivity contribution >= 4 is 15.9 Å². The van der Waals surface area contributed by atoms with Crippen molar-refractivity contribution < 1.29 is 4.42 Å². The second-order valence-electron chi connectivity index (χ2n) is 4.15. The monoisotopic (exact) mass is 287 g/mol. The Morgan fingerprint density at radius 2 is 1.88 bits per heavy atom. The van der Waals surface area contributed by atoms with E-state index < -0.39 is 0 Å². The highest BCUT2D eigenvalue weighted by Gasteiger charge is 1.97. The van der Waals surface area contributed by atoms with Gasteiger partial charge < -0.3 is 9.73 Å². The third kappa shape index (κ3) is 6.33. The van der Waals surface area contributed by atoms with E-state index >= 15 is 0 Å². The zero-order valence-electron chi connectivity index (χ0n) is 10.1. The van der Waals surface area contributed by atoms with E-state index in [1.165, 1.54) is 38.5 Å². The number of halogens is 1. The Kier molecular flexibility index (Phi) is 7.60. The van der Waals surface area contributed by atoms with Crippen LogP contribution in [-0.4, -0.2) is 6.54 Å². The lowest BCUT2D eigenvalue weighted by atomic mass is 10.1. The average Bonchev–Trinajstić information content (AvgIpc) is 2.68. The summed E-state index contributed by atoms with van der Waals surface area (Å²) in [5.74, 6) is 0.998. The van der Waals surface area contributed by atoms with Crippen LogP contribution < -0.4 is 5.32 Å². The van der Waals surface area contributed by atoms with Crippen molar-refractivity contribution in [2.45, 2.75) is 52.0 Å². The Bertz CT molecular complexity index is 273. The van der Waals surface area contributed by atoms with Crippen molar-refractivity contribution in [1.29, 1.82) is 0 Å². The van der Waals surface area contributed by atoms with Gasteiger partial charge in [-0.25, -0.2) is 0 Å². The molecular weight excluding hydrogens is 266 g/mol. The van der Waals surface area contributed by atoms with Crippen molar-refractivity contribution in [2.75, 3.05) is 6.54 Å². The fourth-order valence-electron chi connectivity index (χ4n) is 1.69. The molecule has 1 heterocycles. The Morgan fingerprint density at radius 3 is 2.56 bits per heavy atom. The quantitative estimate of drug-likeness (QED) is 0.677. The molecule has 0 saturated heterocycles. The summed E-state index contributed by atoms with van der Waals surface area (Å²) in [5.41, 5.74) is 0. The van der Waals surface area contributed by atoms with Crippen LogP contribution in [0.15, 0.2) is 21.2 Å². The van der Waals surface area contributed by atoms with Gasteiger partial charge in [0.15, 0.2) is 4.67 Å². The Morgan fingerprint density at radius 1 is 1.12 bits per heavy atom. The lowest BCUT2D eigenvalue weighted by molar-refractivity contribution is 0.461. The fourth-order valence-corrected chi connectivity index (χ4v) is 2.03. The van der Waals surface area contributed by atoms with E-state index in [-0.39, 0.29) is 0 Å². The van der Waals surface area contributed by atoms with E-state index in [9.17, 15) is 0 Å². The summed E-state index contributed by atoms with van der Waals surface area (Å²) >= 11 is 3.30. The van der Waals surface area contributed by atoms with Gasteiger partial charge >= 0.3 is 0 Å². The van der Waals surface area contributed by atoms with Gasteiger partial charge in [-0.15, -0.1) is 0 Å². The molecule has 0 fully saturated rings. The summed E-state index contributed by atoms with van der Waals surface area (Å²) in [6, 6.07) is 3.93. The van der Waals surface area contributed by atoms with E-state index in [4.69, 9.17) is 4.42 Å². The summed E-state index contributed by atoms with van der Waals surface area (Å²) in [6.45, 7) is 4.17. The molecule has 1 aromatic rings. The minimum atomic E-state index is 0.809. The molecule has 1 N–H and O–H groups in total. The van der Waals surface area contributed by atoms with Crippen LogP contribution in [-0.2, 0) is 6.54 Å². The van der Waals surface area contributed by atoms with Gasteiger partial charge in [0.05, 0.1) is 6.54 Å². The van der Waals surface area contributed by atoms with Gasteiger partial charge in [0.1, 0.15) is 5.76 Å². The molecule has 0 amide bonds. The van der Waals surface area contributed by atoms with Crippen LogP contribution in [0.25, 0.3) is 0 Å². The predicted molar refractivity (Wildman–Crippen MR) is 71.5 cm³/mol. The number of rotatable bonds is 9. The highest BCUT2D eigenvalue weighted by atomic mass is 79.9. The smallest absolute Gasteiger partial charge is 0.169 e. The molecular formula is C13H22BrNO. The first-order valence-electron chi connectivity index (χ1n) is 6.28. The number of nitrogens with one attached hydrogen (secondary N) is 1. The number of unbranched alkanes of at least 4 members (excludes halogenated alkanes) is 5. The normalized spacial score (nSPS) is 10.9. The molecule has 0 atom stereocenters. The molecule has 92 valence electrons. The summed E-state index contributed by atoms with van der Waals surface area (Å²) in [5, 5.41) is 3.39. The number of hydrogen-bond donors (Lipinski definition) is 1. The third-order valence-corrected chi connectivity index (χ3v) is 3.06. The number of furan rings is 1. The summed E-state index contributed by atoms with van der Waals surface area (Å²) < 4.78 is 6.21. The molecule has 0 aromatic carbocycles.